The van der Waals surface area contributed by atoms with E-state index < -0.39 is 0 Å². The van der Waals surface area contributed by atoms with Crippen molar-refractivity contribution < 1.29 is 0 Å². The van der Waals surface area contributed by atoms with Gasteiger partial charge in [0.1, 0.15) is 4.34 Å². The Bertz CT molecular complexity index is 363. The quantitative estimate of drug-likeness (QED) is 0.910. The number of piperidine rings is 1. The molecule has 1 fully saturated rings. The van der Waals surface area contributed by atoms with Crippen molar-refractivity contribution in [3.63, 3.8) is 0 Å². The van der Waals surface area contributed by atoms with Gasteiger partial charge in [-0.25, -0.2) is 0 Å². The van der Waals surface area contributed by atoms with Gasteiger partial charge in [0.15, 0.2) is 0 Å². The summed E-state index contributed by atoms with van der Waals surface area (Å²) in [7, 11) is 0. The number of thiophene rings is 1. The molecular weight excluding hydrogens is 320 g/mol. The Morgan fingerprint density at radius 2 is 2.41 bits per heavy atom. The molecule has 5 heteroatoms. The topological polar surface area (TPSA) is 29.3 Å². The molecule has 0 bridgehead atoms. The lowest BCUT2D eigenvalue weighted by Gasteiger charge is -2.36. The number of hydrogen-bond donors (Lipinski definition) is 1. The van der Waals surface area contributed by atoms with E-state index in [9.17, 15) is 0 Å². The van der Waals surface area contributed by atoms with Crippen LogP contribution in [0.1, 0.15) is 24.6 Å². The summed E-state index contributed by atoms with van der Waals surface area (Å²) < 4.78 is 1.86. The fraction of sp³-hybridized carbons (Fsp3) is 0.667. The summed E-state index contributed by atoms with van der Waals surface area (Å²) in [6.45, 7) is 5.45. The molecule has 0 aromatic carbocycles. The number of likely N-dealkylation sites (tertiary alicyclic amines) is 1. The largest absolute Gasteiger partial charge is 0.327 e. The molecule has 1 aromatic heterocycles. The Kier molecular flexibility index (Phi) is 4.89. The number of nitrogens with zero attached hydrogens (tertiary/aromatic N) is 1. The molecule has 2 N–H and O–H groups in total. The second kappa shape index (κ2) is 6.02. The molecule has 17 heavy (non-hydrogen) atoms. The van der Waals surface area contributed by atoms with E-state index in [1.807, 2.05) is 0 Å². The highest BCUT2D eigenvalue weighted by molar-refractivity contribution is 9.10. The maximum absolute atomic E-state index is 6.12. The van der Waals surface area contributed by atoms with Gasteiger partial charge in [-0.2, -0.15) is 0 Å². The summed E-state index contributed by atoms with van der Waals surface area (Å²) in [4.78, 5) is 3.82. The van der Waals surface area contributed by atoms with Crippen molar-refractivity contribution in [2.75, 3.05) is 13.1 Å². The first-order valence-electron chi connectivity index (χ1n) is 6.01. The molecule has 1 aliphatic rings. The molecule has 0 amide bonds. The summed E-state index contributed by atoms with van der Waals surface area (Å²) in [6.07, 6.45) is 2.28. The third-order valence-electron chi connectivity index (χ3n) is 3.48. The maximum atomic E-state index is 6.12. The van der Waals surface area contributed by atoms with Crippen LogP contribution in [0.5, 0.6) is 0 Å². The van der Waals surface area contributed by atoms with Gasteiger partial charge in [-0.05, 0) is 34.3 Å². The Labute approximate surface area is 120 Å². The van der Waals surface area contributed by atoms with Crippen LogP contribution in [0.25, 0.3) is 0 Å². The van der Waals surface area contributed by atoms with Gasteiger partial charge in [0.2, 0.25) is 0 Å². The molecule has 2 atom stereocenters. The molecule has 1 aliphatic heterocycles. The molecule has 2 nitrogen and oxygen atoms in total. The smallest absolute Gasteiger partial charge is 0.107 e. The molecule has 2 rings (SSSR count). The Hall–Kier alpha value is 0.390. The predicted octanol–water partition coefficient (Wildman–Crippen LogP) is 3.72. The van der Waals surface area contributed by atoms with E-state index in [1.54, 1.807) is 11.3 Å². The minimum absolute atomic E-state index is 0.384. The lowest BCUT2D eigenvalue weighted by Crippen LogP contribution is -2.46. The maximum Gasteiger partial charge on any atom is 0.107 e. The number of halogens is 2. The van der Waals surface area contributed by atoms with Crippen LogP contribution in [0.2, 0.25) is 4.34 Å². The zero-order valence-corrected chi connectivity index (χ0v) is 13.1. The Morgan fingerprint density at radius 3 is 3.00 bits per heavy atom. The van der Waals surface area contributed by atoms with Gasteiger partial charge in [-0.1, -0.05) is 24.9 Å². The molecule has 2 heterocycles. The molecule has 0 aliphatic carbocycles. The third kappa shape index (κ3) is 3.44. The average Bonchev–Trinajstić information content (AvgIpc) is 2.61. The van der Waals surface area contributed by atoms with Crippen LogP contribution < -0.4 is 5.73 Å². The van der Waals surface area contributed by atoms with Crippen molar-refractivity contribution in [3.05, 3.63) is 19.8 Å². The van der Waals surface area contributed by atoms with E-state index in [2.05, 4.69) is 33.8 Å². The van der Waals surface area contributed by atoms with Crippen LogP contribution in [0, 0.1) is 5.92 Å². The normalized spacial score (nSPS) is 26.4. The fourth-order valence-corrected chi connectivity index (χ4v) is 4.22. The summed E-state index contributed by atoms with van der Waals surface area (Å²) in [5, 5.41) is 0. The van der Waals surface area contributed by atoms with Gasteiger partial charge in [0, 0.05) is 35.0 Å². The average molecular weight is 338 g/mol. The Morgan fingerprint density at radius 1 is 1.65 bits per heavy atom. The fourth-order valence-electron chi connectivity index (χ4n) is 2.39. The second-order valence-electron chi connectivity index (χ2n) is 4.69. The van der Waals surface area contributed by atoms with E-state index in [1.165, 1.54) is 11.3 Å². The highest BCUT2D eigenvalue weighted by Crippen LogP contribution is 2.33. The van der Waals surface area contributed by atoms with Crippen molar-refractivity contribution in [1.29, 1.82) is 0 Å². The van der Waals surface area contributed by atoms with E-state index in [0.717, 1.165) is 34.9 Å². The van der Waals surface area contributed by atoms with Crippen LogP contribution >= 0.6 is 38.9 Å². The molecule has 0 spiro atoms. The van der Waals surface area contributed by atoms with E-state index in [-0.39, 0.29) is 0 Å². The first-order valence-corrected chi connectivity index (χ1v) is 8.00. The van der Waals surface area contributed by atoms with Crippen molar-refractivity contribution in [1.82, 2.24) is 4.90 Å². The van der Waals surface area contributed by atoms with Crippen molar-refractivity contribution >= 4 is 38.9 Å². The number of nitrogens with two attached hydrogens (primary N) is 1. The number of rotatable bonds is 3. The number of hydrogen-bond acceptors (Lipinski definition) is 3. The molecule has 2 unspecified atom stereocenters. The van der Waals surface area contributed by atoms with E-state index >= 15 is 0 Å². The van der Waals surface area contributed by atoms with Crippen LogP contribution in [0.4, 0.5) is 0 Å². The highest BCUT2D eigenvalue weighted by Gasteiger charge is 2.25. The molecule has 0 saturated carbocycles. The molecular formula is C12H18BrClN2S. The monoisotopic (exact) mass is 336 g/mol. The first-order chi connectivity index (χ1) is 8.10. The minimum atomic E-state index is 0.384. The zero-order chi connectivity index (χ0) is 12.4. The van der Waals surface area contributed by atoms with Crippen LogP contribution in [-0.2, 0) is 6.54 Å². The van der Waals surface area contributed by atoms with Crippen LogP contribution in [0.3, 0.4) is 0 Å². The SMILES string of the molecule is CCC1CN(Cc2cc(Br)c(Cl)s2)CCC1N. The minimum Gasteiger partial charge on any atom is -0.327 e. The lowest BCUT2D eigenvalue weighted by molar-refractivity contribution is 0.146. The summed E-state index contributed by atoms with van der Waals surface area (Å²) in [5.41, 5.74) is 6.12. The molecule has 96 valence electrons. The standard InChI is InChI=1S/C12H18BrClN2S/c1-2-8-6-16(4-3-11(8)15)7-9-5-10(13)12(14)17-9/h5,8,11H,2-4,6-7,15H2,1H3. The first kappa shape index (κ1) is 13.8. The van der Waals surface area contributed by atoms with Gasteiger partial charge in [0.25, 0.3) is 0 Å². The van der Waals surface area contributed by atoms with Gasteiger partial charge in [-0.3, -0.25) is 4.90 Å². The third-order valence-corrected chi connectivity index (χ3v) is 5.94. The van der Waals surface area contributed by atoms with Gasteiger partial charge >= 0.3 is 0 Å². The van der Waals surface area contributed by atoms with Crippen molar-refractivity contribution in [2.45, 2.75) is 32.4 Å². The van der Waals surface area contributed by atoms with E-state index in [4.69, 9.17) is 17.3 Å². The summed E-state index contributed by atoms with van der Waals surface area (Å²) >= 11 is 11.2. The van der Waals surface area contributed by atoms with Gasteiger partial charge < -0.3 is 5.73 Å². The van der Waals surface area contributed by atoms with E-state index in [0.29, 0.717) is 12.0 Å². The predicted molar refractivity (Wildman–Crippen MR) is 78.7 cm³/mol. The highest BCUT2D eigenvalue weighted by atomic mass is 79.9. The zero-order valence-electron chi connectivity index (χ0n) is 9.96. The second-order valence-corrected chi connectivity index (χ2v) is 7.28. The van der Waals surface area contributed by atoms with Gasteiger partial charge in [0.05, 0.1) is 0 Å². The van der Waals surface area contributed by atoms with Gasteiger partial charge in [-0.15, -0.1) is 11.3 Å². The lowest BCUT2D eigenvalue weighted by atomic mass is 9.91. The Balaban J connectivity index is 1.95. The van der Waals surface area contributed by atoms with Crippen LogP contribution in [-0.4, -0.2) is 24.0 Å². The van der Waals surface area contributed by atoms with Crippen molar-refractivity contribution in [3.8, 4) is 0 Å². The molecule has 1 saturated heterocycles. The molecule has 1 aromatic rings. The molecule has 0 radical (unpaired) electrons. The van der Waals surface area contributed by atoms with Crippen LogP contribution in [0.15, 0.2) is 10.5 Å². The summed E-state index contributed by atoms with van der Waals surface area (Å²) in [5.74, 6) is 0.641. The van der Waals surface area contributed by atoms with Crippen molar-refractivity contribution in [2.24, 2.45) is 11.7 Å². The summed E-state index contributed by atoms with van der Waals surface area (Å²) in [6, 6.07) is 2.51.